The third-order valence-electron chi connectivity index (χ3n) is 6.75. The highest BCUT2D eigenvalue weighted by Gasteiger charge is 2.29. The summed E-state index contributed by atoms with van der Waals surface area (Å²) in [7, 11) is -8.07. The van der Waals surface area contributed by atoms with E-state index in [4.69, 9.17) is 9.47 Å². The molecule has 0 spiro atoms. The zero-order valence-electron chi connectivity index (χ0n) is 22.3. The lowest BCUT2D eigenvalue weighted by atomic mass is 10.2. The third-order valence-corrected chi connectivity index (χ3v) is 10.5. The number of fused-ring (bicyclic) bond motifs is 1. The quantitative estimate of drug-likeness (QED) is 0.238. The summed E-state index contributed by atoms with van der Waals surface area (Å²) < 4.78 is 82.3. The van der Waals surface area contributed by atoms with Crippen LogP contribution in [0.4, 0.5) is 4.39 Å². The SMILES string of the molecule is CCN(Cc1ccccc1)S(=O)(=O)c1ccc(S(=O)(=O)N(Cc2ccc3c(c2)OCO3)Cc2ccccc2F)cc1. The van der Waals surface area contributed by atoms with Crippen LogP contribution in [0.25, 0.3) is 0 Å². The molecule has 0 amide bonds. The largest absolute Gasteiger partial charge is 0.454 e. The first-order chi connectivity index (χ1) is 19.7. The standard InChI is InChI=1S/C30H29FN2O6S2/c1-2-32(19-23-8-4-3-5-9-23)40(34,35)26-13-15-27(16-14-26)41(36,37)33(21-25-10-6-7-11-28(25)31)20-24-12-17-29-30(18-24)39-22-38-29/h3-18H,2,19-22H2,1H3. The van der Waals surface area contributed by atoms with Crippen LogP contribution in [0.3, 0.4) is 0 Å². The van der Waals surface area contributed by atoms with E-state index in [1.807, 2.05) is 30.3 Å². The second kappa shape index (κ2) is 12.0. The molecule has 0 N–H and O–H groups in total. The second-order valence-corrected chi connectivity index (χ2v) is 13.3. The molecule has 8 nitrogen and oxygen atoms in total. The summed E-state index contributed by atoms with van der Waals surface area (Å²) in [5.41, 5.74) is 1.66. The molecule has 1 heterocycles. The van der Waals surface area contributed by atoms with Crippen LogP contribution in [0.1, 0.15) is 23.6 Å². The number of hydrogen-bond donors (Lipinski definition) is 0. The average Bonchev–Trinajstić information content (AvgIpc) is 3.45. The fraction of sp³-hybridized carbons (Fsp3) is 0.200. The lowest BCUT2D eigenvalue weighted by molar-refractivity contribution is 0.174. The summed E-state index contributed by atoms with van der Waals surface area (Å²) in [5, 5.41) is 0. The Balaban J connectivity index is 1.44. The first-order valence-corrected chi connectivity index (χ1v) is 15.8. The van der Waals surface area contributed by atoms with Gasteiger partial charge in [-0.2, -0.15) is 8.61 Å². The molecule has 0 saturated heterocycles. The van der Waals surface area contributed by atoms with Crippen molar-refractivity contribution in [3.05, 3.63) is 120 Å². The van der Waals surface area contributed by atoms with Gasteiger partial charge in [-0.05, 0) is 53.6 Å². The van der Waals surface area contributed by atoms with Gasteiger partial charge >= 0.3 is 0 Å². The monoisotopic (exact) mass is 596 g/mol. The Labute approximate surface area is 239 Å². The van der Waals surface area contributed by atoms with Gasteiger partial charge in [0.2, 0.25) is 26.8 Å². The molecule has 41 heavy (non-hydrogen) atoms. The van der Waals surface area contributed by atoms with Gasteiger partial charge < -0.3 is 9.47 Å². The molecule has 0 bridgehead atoms. The number of ether oxygens (including phenoxy) is 2. The predicted octanol–water partition coefficient (Wildman–Crippen LogP) is 5.16. The summed E-state index contributed by atoms with van der Waals surface area (Å²) >= 11 is 0. The molecule has 5 rings (SSSR count). The highest BCUT2D eigenvalue weighted by Crippen LogP contribution is 2.34. The van der Waals surface area contributed by atoms with Gasteiger partial charge in [-0.15, -0.1) is 0 Å². The number of sulfonamides is 2. The van der Waals surface area contributed by atoms with Crippen molar-refractivity contribution < 1.29 is 30.7 Å². The summed E-state index contributed by atoms with van der Waals surface area (Å²) in [5.74, 6) is 0.525. The van der Waals surface area contributed by atoms with E-state index in [9.17, 15) is 21.2 Å². The molecule has 0 unspecified atom stereocenters. The highest BCUT2D eigenvalue weighted by molar-refractivity contribution is 7.89. The molecule has 0 saturated carbocycles. The van der Waals surface area contributed by atoms with Crippen molar-refractivity contribution in [2.24, 2.45) is 0 Å². The van der Waals surface area contributed by atoms with Crippen LogP contribution >= 0.6 is 0 Å². The summed E-state index contributed by atoms with van der Waals surface area (Å²) in [4.78, 5) is -0.134. The zero-order valence-corrected chi connectivity index (χ0v) is 23.9. The van der Waals surface area contributed by atoms with E-state index < -0.39 is 25.9 Å². The van der Waals surface area contributed by atoms with Crippen LogP contribution in [-0.4, -0.2) is 38.8 Å². The molecule has 4 aromatic carbocycles. The van der Waals surface area contributed by atoms with E-state index >= 15 is 0 Å². The van der Waals surface area contributed by atoms with Crippen molar-refractivity contribution in [1.82, 2.24) is 8.61 Å². The molecule has 0 aliphatic carbocycles. The third kappa shape index (κ3) is 6.28. The van der Waals surface area contributed by atoms with Crippen molar-refractivity contribution in [1.29, 1.82) is 0 Å². The fourth-order valence-electron chi connectivity index (χ4n) is 4.52. The maximum absolute atomic E-state index is 14.6. The number of rotatable bonds is 11. The first-order valence-electron chi connectivity index (χ1n) is 12.9. The molecule has 214 valence electrons. The van der Waals surface area contributed by atoms with Gasteiger partial charge in [-0.3, -0.25) is 0 Å². The van der Waals surface area contributed by atoms with Crippen LogP contribution in [0, 0.1) is 5.82 Å². The normalized spacial score (nSPS) is 13.2. The summed E-state index contributed by atoms with van der Waals surface area (Å²) in [6.07, 6.45) is 0. The first kappa shape index (κ1) is 28.7. The molecular formula is C30H29FN2O6S2. The lowest BCUT2D eigenvalue weighted by Crippen LogP contribution is -2.31. The minimum absolute atomic E-state index is 0.0225. The van der Waals surface area contributed by atoms with Crippen molar-refractivity contribution in [2.75, 3.05) is 13.3 Å². The molecule has 0 fully saturated rings. The van der Waals surface area contributed by atoms with Crippen molar-refractivity contribution >= 4 is 20.0 Å². The Morgan fingerprint density at radius 2 is 1.24 bits per heavy atom. The molecule has 1 aliphatic rings. The fourth-order valence-corrected chi connectivity index (χ4v) is 7.36. The van der Waals surface area contributed by atoms with E-state index in [1.165, 1.54) is 46.8 Å². The van der Waals surface area contributed by atoms with Crippen LogP contribution in [-0.2, 0) is 39.7 Å². The van der Waals surface area contributed by atoms with Crippen molar-refractivity contribution in [2.45, 2.75) is 36.3 Å². The second-order valence-electron chi connectivity index (χ2n) is 9.44. The smallest absolute Gasteiger partial charge is 0.243 e. The van der Waals surface area contributed by atoms with E-state index in [1.54, 1.807) is 31.2 Å². The minimum atomic E-state index is -4.18. The Hall–Kier alpha value is -3.77. The molecule has 0 radical (unpaired) electrons. The summed E-state index contributed by atoms with van der Waals surface area (Å²) in [6.45, 7) is 1.94. The van der Waals surface area contributed by atoms with Gasteiger partial charge in [0.25, 0.3) is 0 Å². The zero-order chi connectivity index (χ0) is 29.0. The van der Waals surface area contributed by atoms with Gasteiger partial charge in [-0.1, -0.05) is 61.5 Å². The van der Waals surface area contributed by atoms with E-state index in [0.29, 0.717) is 17.1 Å². The molecule has 0 atom stereocenters. The predicted molar refractivity (Wildman–Crippen MR) is 152 cm³/mol. The van der Waals surface area contributed by atoms with Crippen LogP contribution in [0.2, 0.25) is 0 Å². The van der Waals surface area contributed by atoms with E-state index in [-0.39, 0.29) is 48.3 Å². The highest BCUT2D eigenvalue weighted by atomic mass is 32.2. The molecule has 1 aliphatic heterocycles. The van der Waals surface area contributed by atoms with Crippen LogP contribution < -0.4 is 9.47 Å². The molecular weight excluding hydrogens is 567 g/mol. The Morgan fingerprint density at radius 3 is 1.90 bits per heavy atom. The van der Waals surface area contributed by atoms with Gasteiger partial charge in [0.05, 0.1) is 9.79 Å². The van der Waals surface area contributed by atoms with Gasteiger partial charge in [0, 0.05) is 31.7 Å². The number of halogens is 1. The van der Waals surface area contributed by atoms with Crippen molar-refractivity contribution in [3.63, 3.8) is 0 Å². The molecule has 4 aromatic rings. The maximum Gasteiger partial charge on any atom is 0.243 e. The number of nitrogens with zero attached hydrogens (tertiary/aromatic N) is 2. The Kier molecular flexibility index (Phi) is 8.41. The lowest BCUT2D eigenvalue weighted by Gasteiger charge is -2.24. The van der Waals surface area contributed by atoms with Gasteiger partial charge in [0.15, 0.2) is 11.5 Å². The van der Waals surface area contributed by atoms with Crippen LogP contribution in [0.15, 0.2) is 107 Å². The van der Waals surface area contributed by atoms with E-state index in [0.717, 1.165) is 9.87 Å². The molecule has 0 aromatic heterocycles. The number of hydrogen-bond acceptors (Lipinski definition) is 6. The Morgan fingerprint density at radius 1 is 0.659 bits per heavy atom. The van der Waals surface area contributed by atoms with Crippen molar-refractivity contribution in [3.8, 4) is 11.5 Å². The topological polar surface area (TPSA) is 93.2 Å². The van der Waals surface area contributed by atoms with Gasteiger partial charge in [0.1, 0.15) is 5.82 Å². The molecule has 11 heteroatoms. The number of benzene rings is 4. The summed E-state index contributed by atoms with van der Waals surface area (Å²) in [6, 6.07) is 25.4. The van der Waals surface area contributed by atoms with Gasteiger partial charge in [-0.25, -0.2) is 21.2 Å². The van der Waals surface area contributed by atoms with E-state index in [2.05, 4.69) is 0 Å². The Bertz CT molecular complexity index is 1730. The maximum atomic E-state index is 14.6. The minimum Gasteiger partial charge on any atom is -0.454 e. The van der Waals surface area contributed by atoms with Crippen LogP contribution in [0.5, 0.6) is 11.5 Å². The average molecular weight is 597 g/mol.